The molecule has 0 radical (unpaired) electrons. The van der Waals surface area contributed by atoms with Crippen molar-refractivity contribution in [3.05, 3.63) is 30.1 Å². The molecule has 1 heterocycles. The molecule has 0 atom stereocenters. The third-order valence-electron chi connectivity index (χ3n) is 1.24. The number of aliphatic carboxylic acids is 2. The molecule has 0 aliphatic rings. The van der Waals surface area contributed by atoms with E-state index < -0.39 is 17.9 Å². The fourth-order valence-electron chi connectivity index (χ4n) is 0.634. The summed E-state index contributed by atoms with van der Waals surface area (Å²) in [4.78, 5) is 31.7. The van der Waals surface area contributed by atoms with Gasteiger partial charge in [-0.1, -0.05) is 0 Å². The van der Waals surface area contributed by atoms with Gasteiger partial charge in [-0.2, -0.15) is 0 Å². The summed E-state index contributed by atoms with van der Waals surface area (Å²) in [6.45, 7) is 0. The van der Waals surface area contributed by atoms with Gasteiger partial charge in [0.2, 0.25) is 0 Å². The second-order valence-corrected chi connectivity index (χ2v) is 2.44. The Balaban J connectivity index is 0. The number of hydrogen-bond donors (Lipinski definition) is 2. The largest absolute Gasteiger partial charge is 0.537 e. The van der Waals surface area contributed by atoms with E-state index in [4.69, 9.17) is 10.2 Å². The summed E-state index contributed by atoms with van der Waals surface area (Å²) >= 11 is 0. The number of carboxylic acids is 3. The molecule has 0 spiro atoms. The first-order valence-electron chi connectivity index (χ1n) is 4.09. The van der Waals surface area contributed by atoms with Crippen LogP contribution in [0.25, 0.3) is 0 Å². The number of aromatic nitrogens is 1. The van der Waals surface area contributed by atoms with Crippen molar-refractivity contribution in [2.75, 3.05) is 0 Å². The van der Waals surface area contributed by atoms with Crippen molar-refractivity contribution in [2.45, 2.75) is 0 Å². The molecule has 1 aromatic heterocycles. The number of hydrogen-bond acceptors (Lipinski definition) is 4. The molecule has 1 rings (SSSR count). The van der Waals surface area contributed by atoms with E-state index in [1.165, 1.54) is 24.0 Å². The van der Waals surface area contributed by atoms with Crippen molar-refractivity contribution in [2.24, 2.45) is 0 Å². The molecule has 0 saturated heterocycles. The number of carboxylic acid groups (broad SMARTS) is 3. The average molecular weight is 255 g/mol. The van der Waals surface area contributed by atoms with Gasteiger partial charge in [0, 0.05) is 18.1 Å². The highest BCUT2D eigenvalue weighted by atomic mass is 16.4. The number of pyridine rings is 1. The Labute approximate surface area is 101 Å². The van der Waals surface area contributed by atoms with Crippen LogP contribution in [0.3, 0.4) is 0 Å². The predicted octanol–water partition coefficient (Wildman–Crippen LogP) is -2.80. The minimum atomic E-state index is -1.69. The number of carbonyl (C=O) groups excluding carboxylic acids is 1. The molecule has 0 bridgehead atoms. The molecule has 8 heteroatoms. The number of aromatic carboxylic acids is 1. The van der Waals surface area contributed by atoms with Gasteiger partial charge in [-0.05, 0) is 5.92 Å². The lowest BCUT2D eigenvalue weighted by Crippen LogP contribution is -2.19. The molecule has 0 aromatic carbocycles. The van der Waals surface area contributed by atoms with Gasteiger partial charge in [0.05, 0.1) is 5.56 Å². The summed E-state index contributed by atoms with van der Waals surface area (Å²) in [7, 11) is 0. The summed E-state index contributed by atoms with van der Waals surface area (Å²) in [6, 6.07) is 3.00. The zero-order valence-electron chi connectivity index (χ0n) is 8.84. The first-order valence-corrected chi connectivity index (χ1v) is 4.09. The van der Waals surface area contributed by atoms with Crippen LogP contribution in [0.4, 0.5) is 0 Å². The van der Waals surface area contributed by atoms with Crippen molar-refractivity contribution in [3.8, 4) is 11.8 Å². The lowest BCUT2D eigenvalue weighted by Gasteiger charge is -1.84. The van der Waals surface area contributed by atoms with E-state index in [-0.39, 0.29) is 5.48 Å². The van der Waals surface area contributed by atoms with Crippen LogP contribution < -0.4 is 10.1 Å². The zero-order chi connectivity index (χ0) is 13.3. The maximum absolute atomic E-state index is 10.2. The molecule has 0 aliphatic heterocycles. The normalized spacial score (nSPS) is 7.33. The average Bonchev–Trinajstić information content (AvgIpc) is 2.28. The van der Waals surface area contributed by atoms with Gasteiger partial charge in [-0.15, -0.1) is 0 Å². The summed E-state index contributed by atoms with van der Waals surface area (Å²) < 4.78 is 0. The van der Waals surface area contributed by atoms with Crippen molar-refractivity contribution >= 4 is 17.9 Å². The minimum Gasteiger partial charge on any atom is -0.537 e. The fraction of sp³-hybridized carbons (Fsp3) is 0. The molecule has 18 heavy (non-hydrogen) atoms. The summed E-state index contributed by atoms with van der Waals surface area (Å²) in [5.41, 5.74) is 0.300. The van der Waals surface area contributed by atoms with Gasteiger partial charge in [0.25, 0.3) is 0 Å². The SMILES string of the molecule is O.O=C(O)c1cc[nH+]cc1.O=C([O-])C#CC(=O)O. The van der Waals surface area contributed by atoms with Gasteiger partial charge in [0.15, 0.2) is 12.4 Å². The fourth-order valence-corrected chi connectivity index (χ4v) is 0.634. The van der Waals surface area contributed by atoms with E-state index in [9.17, 15) is 19.5 Å². The first kappa shape index (κ1) is 17.5. The summed E-state index contributed by atoms with van der Waals surface area (Å²) in [6.07, 6.45) is 3.15. The molecular formula is C10H9NO7. The highest BCUT2D eigenvalue weighted by molar-refractivity contribution is 5.95. The Hall–Kier alpha value is -2.92. The third-order valence-corrected chi connectivity index (χ3v) is 1.24. The lowest BCUT2D eigenvalue weighted by atomic mass is 10.3. The van der Waals surface area contributed by atoms with Gasteiger partial charge >= 0.3 is 11.9 Å². The molecule has 0 saturated carbocycles. The van der Waals surface area contributed by atoms with Crippen LogP contribution in [0.15, 0.2) is 24.5 Å². The molecule has 96 valence electrons. The number of aromatic amines is 1. The Morgan fingerprint density at radius 1 is 1.11 bits per heavy atom. The second kappa shape index (κ2) is 9.32. The topological polar surface area (TPSA) is 160 Å². The van der Waals surface area contributed by atoms with Crippen LogP contribution >= 0.6 is 0 Å². The number of H-pyrrole nitrogens is 1. The number of carbonyl (C=O) groups is 3. The van der Waals surface area contributed by atoms with Crippen LogP contribution in [-0.2, 0) is 9.59 Å². The quantitative estimate of drug-likeness (QED) is 0.515. The van der Waals surface area contributed by atoms with E-state index in [0.717, 1.165) is 0 Å². The lowest BCUT2D eigenvalue weighted by molar-refractivity contribution is -0.378. The smallest absolute Gasteiger partial charge is 0.382 e. The summed E-state index contributed by atoms with van der Waals surface area (Å²) in [5, 5.41) is 25.4. The Morgan fingerprint density at radius 2 is 1.61 bits per heavy atom. The van der Waals surface area contributed by atoms with Crippen LogP contribution in [0.5, 0.6) is 0 Å². The van der Waals surface area contributed by atoms with Crippen molar-refractivity contribution in [3.63, 3.8) is 0 Å². The van der Waals surface area contributed by atoms with Crippen molar-refractivity contribution < 1.29 is 40.2 Å². The standard InChI is InChI=1S/C6H5NO2.C4H2O4.H2O/c8-6(9)5-1-3-7-4-2-5;5-3(6)1-2-4(7)8;/h1-4H,(H,8,9);(H,5,6)(H,7,8);1H2. The zero-order valence-corrected chi connectivity index (χ0v) is 8.84. The van der Waals surface area contributed by atoms with E-state index >= 15 is 0 Å². The number of nitrogens with one attached hydrogen (secondary N) is 1. The van der Waals surface area contributed by atoms with Gasteiger partial charge in [0.1, 0.15) is 5.97 Å². The first-order chi connectivity index (χ1) is 7.93. The van der Waals surface area contributed by atoms with Crippen LogP contribution in [0, 0.1) is 11.8 Å². The maximum atomic E-state index is 10.2. The highest BCUT2D eigenvalue weighted by Crippen LogP contribution is 1.91. The summed E-state index contributed by atoms with van der Waals surface area (Å²) in [5.74, 6) is -1.41. The Bertz CT molecular complexity index is 454. The molecule has 0 unspecified atom stereocenters. The monoisotopic (exact) mass is 255 g/mol. The Kier molecular flexibility index (Phi) is 9.04. The van der Waals surface area contributed by atoms with Crippen LogP contribution in [0.1, 0.15) is 10.4 Å². The van der Waals surface area contributed by atoms with E-state index in [1.54, 1.807) is 12.4 Å². The number of rotatable bonds is 1. The van der Waals surface area contributed by atoms with Crippen molar-refractivity contribution in [1.82, 2.24) is 0 Å². The Morgan fingerprint density at radius 3 is 1.83 bits per heavy atom. The van der Waals surface area contributed by atoms with E-state index in [2.05, 4.69) is 4.98 Å². The van der Waals surface area contributed by atoms with Gasteiger partial charge < -0.3 is 25.6 Å². The van der Waals surface area contributed by atoms with Gasteiger partial charge in [-0.3, -0.25) is 0 Å². The van der Waals surface area contributed by atoms with Gasteiger partial charge in [-0.25, -0.2) is 14.6 Å². The van der Waals surface area contributed by atoms with Crippen LogP contribution in [-0.4, -0.2) is 33.6 Å². The maximum Gasteiger partial charge on any atom is 0.382 e. The predicted molar refractivity (Wildman–Crippen MR) is 54.0 cm³/mol. The molecule has 0 fully saturated rings. The molecule has 1 aromatic rings. The highest BCUT2D eigenvalue weighted by Gasteiger charge is 1.99. The van der Waals surface area contributed by atoms with Crippen molar-refractivity contribution in [1.29, 1.82) is 0 Å². The molecule has 0 aliphatic carbocycles. The molecule has 8 nitrogen and oxygen atoms in total. The minimum absolute atomic E-state index is 0. The third kappa shape index (κ3) is 9.63. The van der Waals surface area contributed by atoms with E-state index in [0.29, 0.717) is 5.56 Å². The molecular weight excluding hydrogens is 246 g/mol. The second-order valence-electron chi connectivity index (χ2n) is 2.44. The van der Waals surface area contributed by atoms with E-state index in [1.807, 2.05) is 0 Å². The molecule has 0 amide bonds. The molecule has 5 N–H and O–H groups in total. The van der Waals surface area contributed by atoms with Crippen LogP contribution in [0.2, 0.25) is 0 Å².